The number of benzene rings is 1. The smallest absolute Gasteiger partial charge is 0.251 e. The van der Waals surface area contributed by atoms with Gasteiger partial charge in [-0.1, -0.05) is 32.4 Å². The molecular weight excluding hydrogens is 318 g/mol. The number of hydrogen-bond donors (Lipinski definition) is 2. The standard InChI is InChI=1S/C19H25N3O3/c1-3-5-15-19(25)22-11-14(10-16(22)18(24)21-15)20-17(23)13-8-6-12(4-2)7-9-13/h6-9,14-16H,3-5,10-11H2,1-2H3,(H,20,23)(H,21,24)/t14-,15-,16-/m0/s1. The maximum Gasteiger partial charge on any atom is 0.251 e. The van der Waals surface area contributed by atoms with Gasteiger partial charge in [0, 0.05) is 18.2 Å². The molecule has 1 aromatic rings. The number of nitrogens with zero attached hydrogens (tertiary/aromatic N) is 1. The van der Waals surface area contributed by atoms with Gasteiger partial charge >= 0.3 is 0 Å². The van der Waals surface area contributed by atoms with Gasteiger partial charge in [-0.3, -0.25) is 14.4 Å². The molecule has 0 spiro atoms. The highest BCUT2D eigenvalue weighted by atomic mass is 16.2. The zero-order valence-electron chi connectivity index (χ0n) is 14.7. The van der Waals surface area contributed by atoms with E-state index in [4.69, 9.17) is 0 Å². The minimum absolute atomic E-state index is 0.0319. The van der Waals surface area contributed by atoms with Crippen molar-refractivity contribution in [2.24, 2.45) is 0 Å². The molecule has 6 nitrogen and oxygen atoms in total. The van der Waals surface area contributed by atoms with Gasteiger partial charge in [0.1, 0.15) is 12.1 Å². The average molecular weight is 343 g/mol. The zero-order valence-corrected chi connectivity index (χ0v) is 14.7. The Morgan fingerprint density at radius 1 is 1.24 bits per heavy atom. The normalized spacial score (nSPS) is 25.5. The molecule has 3 rings (SSSR count). The summed E-state index contributed by atoms with van der Waals surface area (Å²) in [6.07, 6.45) is 2.88. The summed E-state index contributed by atoms with van der Waals surface area (Å²) in [6.45, 7) is 4.45. The Labute approximate surface area is 148 Å². The summed E-state index contributed by atoms with van der Waals surface area (Å²) < 4.78 is 0. The number of carbonyl (C=O) groups excluding carboxylic acids is 3. The Bertz CT molecular complexity index is 671. The lowest BCUT2D eigenvalue weighted by atomic mass is 10.0. The summed E-state index contributed by atoms with van der Waals surface area (Å²) in [5.74, 6) is -0.303. The van der Waals surface area contributed by atoms with E-state index in [0.29, 0.717) is 24.9 Å². The van der Waals surface area contributed by atoms with Crippen LogP contribution in [0.4, 0.5) is 0 Å². The van der Waals surface area contributed by atoms with Crippen molar-refractivity contribution in [3.8, 4) is 0 Å². The lowest BCUT2D eigenvalue weighted by Crippen LogP contribution is -2.61. The Kier molecular flexibility index (Phi) is 5.06. The van der Waals surface area contributed by atoms with Crippen molar-refractivity contribution in [1.82, 2.24) is 15.5 Å². The Balaban J connectivity index is 1.64. The number of fused-ring (bicyclic) bond motifs is 1. The third-order valence-corrected chi connectivity index (χ3v) is 5.04. The van der Waals surface area contributed by atoms with E-state index in [-0.39, 0.29) is 23.8 Å². The molecule has 2 aliphatic heterocycles. The van der Waals surface area contributed by atoms with Gasteiger partial charge < -0.3 is 15.5 Å². The zero-order chi connectivity index (χ0) is 18.0. The largest absolute Gasteiger partial charge is 0.347 e. The molecule has 0 aliphatic carbocycles. The Hall–Kier alpha value is -2.37. The van der Waals surface area contributed by atoms with Gasteiger partial charge in [0.2, 0.25) is 11.8 Å². The van der Waals surface area contributed by atoms with Crippen molar-refractivity contribution in [1.29, 1.82) is 0 Å². The maximum absolute atomic E-state index is 12.5. The molecule has 0 bridgehead atoms. The lowest BCUT2D eigenvalue weighted by Gasteiger charge is -2.34. The predicted molar refractivity (Wildman–Crippen MR) is 94.0 cm³/mol. The van der Waals surface area contributed by atoms with E-state index in [2.05, 4.69) is 17.6 Å². The lowest BCUT2D eigenvalue weighted by molar-refractivity contribution is -0.147. The number of rotatable bonds is 5. The first-order valence-corrected chi connectivity index (χ1v) is 9.04. The van der Waals surface area contributed by atoms with Gasteiger partial charge in [-0.25, -0.2) is 0 Å². The minimum atomic E-state index is -0.464. The van der Waals surface area contributed by atoms with E-state index in [0.717, 1.165) is 12.8 Å². The van der Waals surface area contributed by atoms with Gasteiger partial charge in [-0.05, 0) is 37.0 Å². The molecule has 2 aliphatic rings. The van der Waals surface area contributed by atoms with Crippen LogP contribution in [-0.4, -0.2) is 47.3 Å². The molecule has 3 atom stereocenters. The van der Waals surface area contributed by atoms with Crippen LogP contribution in [0.1, 0.15) is 49.0 Å². The first-order chi connectivity index (χ1) is 12.0. The van der Waals surface area contributed by atoms with Crippen LogP contribution in [0.5, 0.6) is 0 Å². The van der Waals surface area contributed by atoms with E-state index in [1.54, 1.807) is 4.90 Å². The highest BCUT2D eigenvalue weighted by molar-refractivity contribution is 5.98. The first-order valence-electron chi connectivity index (χ1n) is 9.04. The van der Waals surface area contributed by atoms with Crippen LogP contribution in [0.15, 0.2) is 24.3 Å². The summed E-state index contributed by atoms with van der Waals surface area (Å²) in [5, 5.41) is 5.78. The van der Waals surface area contributed by atoms with Crippen LogP contribution >= 0.6 is 0 Å². The topological polar surface area (TPSA) is 78.5 Å². The van der Waals surface area contributed by atoms with Crippen LogP contribution in [0.3, 0.4) is 0 Å². The maximum atomic E-state index is 12.5. The molecule has 25 heavy (non-hydrogen) atoms. The second kappa shape index (κ2) is 7.25. The van der Waals surface area contributed by atoms with Gasteiger partial charge in [0.15, 0.2) is 0 Å². The molecule has 2 saturated heterocycles. The van der Waals surface area contributed by atoms with Gasteiger partial charge in [0.05, 0.1) is 0 Å². The first kappa shape index (κ1) is 17.5. The molecule has 134 valence electrons. The fraction of sp³-hybridized carbons (Fsp3) is 0.526. The quantitative estimate of drug-likeness (QED) is 0.844. The SMILES string of the molecule is CCC[C@@H]1NC(=O)[C@@H]2C[C@H](NC(=O)c3ccc(CC)cc3)CN2C1=O. The molecule has 6 heteroatoms. The highest BCUT2D eigenvalue weighted by Gasteiger charge is 2.46. The highest BCUT2D eigenvalue weighted by Crippen LogP contribution is 2.24. The Morgan fingerprint density at radius 2 is 1.96 bits per heavy atom. The van der Waals surface area contributed by atoms with Crippen molar-refractivity contribution < 1.29 is 14.4 Å². The number of piperazine rings is 1. The summed E-state index contributed by atoms with van der Waals surface area (Å²) in [4.78, 5) is 38.8. The van der Waals surface area contributed by atoms with Crippen LogP contribution in [0.25, 0.3) is 0 Å². The summed E-state index contributed by atoms with van der Waals surface area (Å²) in [5.41, 5.74) is 1.78. The van der Waals surface area contributed by atoms with E-state index >= 15 is 0 Å². The van der Waals surface area contributed by atoms with Gasteiger partial charge in [-0.15, -0.1) is 0 Å². The van der Waals surface area contributed by atoms with Crippen molar-refractivity contribution in [3.05, 3.63) is 35.4 Å². The van der Waals surface area contributed by atoms with E-state index in [1.807, 2.05) is 31.2 Å². The second-order valence-corrected chi connectivity index (χ2v) is 6.81. The molecular formula is C19H25N3O3. The van der Waals surface area contributed by atoms with Crippen LogP contribution in [0.2, 0.25) is 0 Å². The second-order valence-electron chi connectivity index (χ2n) is 6.81. The number of nitrogens with one attached hydrogen (secondary N) is 2. The van der Waals surface area contributed by atoms with Crippen molar-refractivity contribution in [2.75, 3.05) is 6.54 Å². The molecule has 2 heterocycles. The van der Waals surface area contributed by atoms with Gasteiger partial charge in [0.25, 0.3) is 5.91 Å². The third kappa shape index (κ3) is 3.52. The van der Waals surface area contributed by atoms with Crippen molar-refractivity contribution in [2.45, 2.75) is 57.7 Å². The monoisotopic (exact) mass is 343 g/mol. The minimum Gasteiger partial charge on any atom is -0.347 e. The van der Waals surface area contributed by atoms with Crippen molar-refractivity contribution >= 4 is 17.7 Å². The number of amides is 3. The molecule has 0 radical (unpaired) electrons. The third-order valence-electron chi connectivity index (χ3n) is 5.04. The molecule has 2 fully saturated rings. The van der Waals surface area contributed by atoms with E-state index < -0.39 is 12.1 Å². The van der Waals surface area contributed by atoms with Gasteiger partial charge in [-0.2, -0.15) is 0 Å². The number of hydrogen-bond acceptors (Lipinski definition) is 3. The molecule has 0 unspecified atom stereocenters. The Morgan fingerprint density at radius 3 is 2.60 bits per heavy atom. The fourth-order valence-electron chi connectivity index (χ4n) is 3.61. The fourth-order valence-corrected chi connectivity index (χ4v) is 3.61. The molecule has 0 saturated carbocycles. The average Bonchev–Trinajstić information content (AvgIpc) is 3.04. The molecule has 1 aromatic carbocycles. The van der Waals surface area contributed by atoms with Crippen LogP contribution in [0, 0.1) is 0 Å². The van der Waals surface area contributed by atoms with E-state index in [1.165, 1.54) is 5.56 Å². The summed E-state index contributed by atoms with van der Waals surface area (Å²) in [7, 11) is 0. The molecule has 0 aromatic heterocycles. The van der Waals surface area contributed by atoms with Crippen molar-refractivity contribution in [3.63, 3.8) is 0 Å². The van der Waals surface area contributed by atoms with Crippen LogP contribution in [-0.2, 0) is 16.0 Å². The van der Waals surface area contributed by atoms with Crippen LogP contribution < -0.4 is 10.6 Å². The summed E-state index contributed by atoms with van der Waals surface area (Å²) in [6, 6.07) is 6.42. The summed E-state index contributed by atoms with van der Waals surface area (Å²) >= 11 is 0. The predicted octanol–water partition coefficient (Wildman–Crippen LogP) is 1.25. The molecule has 3 amide bonds. The molecule has 2 N–H and O–H groups in total. The van der Waals surface area contributed by atoms with E-state index in [9.17, 15) is 14.4 Å². The number of aryl methyl sites for hydroxylation is 1. The number of carbonyl (C=O) groups is 3.